The average Bonchev–Trinajstić information content (AvgIpc) is 3.26. The van der Waals surface area contributed by atoms with Crippen LogP contribution < -0.4 is 15.4 Å². The first-order chi connectivity index (χ1) is 16.7. The van der Waals surface area contributed by atoms with E-state index in [0.29, 0.717) is 44.6 Å². The van der Waals surface area contributed by atoms with E-state index in [0.717, 1.165) is 0 Å². The third-order valence-electron chi connectivity index (χ3n) is 5.20. The van der Waals surface area contributed by atoms with Gasteiger partial charge in [0.1, 0.15) is 5.75 Å². The Morgan fingerprint density at radius 3 is 2.46 bits per heavy atom. The lowest BCUT2D eigenvalue weighted by atomic mass is 10.0. The van der Waals surface area contributed by atoms with Gasteiger partial charge in [0.25, 0.3) is 5.91 Å². The lowest BCUT2D eigenvalue weighted by Gasteiger charge is -2.22. The number of nitrogens with one attached hydrogen (secondary N) is 2. The zero-order valence-electron chi connectivity index (χ0n) is 19.8. The number of nitrogens with zero attached hydrogens (tertiary/aromatic N) is 3. The maximum absolute atomic E-state index is 12.9. The van der Waals surface area contributed by atoms with Crippen LogP contribution in [0, 0.1) is 5.92 Å². The summed E-state index contributed by atoms with van der Waals surface area (Å²) in [6.45, 7) is 6.55. The van der Waals surface area contributed by atoms with Crippen LogP contribution in [-0.2, 0) is 11.3 Å². The second-order valence-electron chi connectivity index (χ2n) is 7.95. The molecule has 2 N–H and O–H groups in total. The summed E-state index contributed by atoms with van der Waals surface area (Å²) in [7, 11) is 1.58. The van der Waals surface area contributed by atoms with Gasteiger partial charge in [-0.05, 0) is 49.2 Å². The van der Waals surface area contributed by atoms with Crippen LogP contribution >= 0.6 is 35.0 Å². The fraction of sp³-hybridized carbons (Fsp3) is 0.333. The molecule has 0 aliphatic carbocycles. The molecule has 0 saturated carbocycles. The van der Waals surface area contributed by atoms with Crippen LogP contribution in [0.3, 0.4) is 0 Å². The highest BCUT2D eigenvalue weighted by Gasteiger charge is 2.26. The number of carbonyl (C=O) groups is 2. The van der Waals surface area contributed by atoms with Crippen LogP contribution in [0.5, 0.6) is 5.75 Å². The Hall–Kier alpha value is -2.75. The number of benzene rings is 2. The maximum atomic E-state index is 12.9. The summed E-state index contributed by atoms with van der Waals surface area (Å²) in [4.78, 5) is 25.4. The Morgan fingerprint density at radius 1 is 1.11 bits per heavy atom. The molecular weight excluding hydrogens is 509 g/mol. The molecule has 0 radical (unpaired) electrons. The second-order valence-corrected chi connectivity index (χ2v) is 9.67. The van der Waals surface area contributed by atoms with E-state index in [9.17, 15) is 9.59 Å². The van der Waals surface area contributed by atoms with E-state index in [2.05, 4.69) is 20.8 Å². The largest absolute Gasteiger partial charge is 0.497 e. The molecule has 2 aromatic carbocycles. The molecule has 8 nitrogen and oxygen atoms in total. The molecule has 186 valence electrons. The zero-order chi connectivity index (χ0) is 25.5. The van der Waals surface area contributed by atoms with Crippen LogP contribution in [0.25, 0.3) is 0 Å². The molecule has 2 amide bonds. The summed E-state index contributed by atoms with van der Waals surface area (Å²) in [5.74, 6) is 0.994. The van der Waals surface area contributed by atoms with Gasteiger partial charge in [0.05, 0.1) is 34.6 Å². The molecule has 0 aliphatic rings. The van der Waals surface area contributed by atoms with Crippen LogP contribution in [0.15, 0.2) is 47.6 Å². The minimum atomic E-state index is -0.370. The van der Waals surface area contributed by atoms with E-state index in [-0.39, 0.29) is 29.5 Å². The predicted molar refractivity (Wildman–Crippen MR) is 140 cm³/mol. The molecule has 35 heavy (non-hydrogen) atoms. The van der Waals surface area contributed by atoms with E-state index >= 15 is 0 Å². The summed E-state index contributed by atoms with van der Waals surface area (Å²) in [5.41, 5.74) is 0.966. The Balaban J connectivity index is 1.71. The number of hydrogen-bond acceptors (Lipinski definition) is 6. The summed E-state index contributed by atoms with van der Waals surface area (Å²) >= 11 is 13.4. The summed E-state index contributed by atoms with van der Waals surface area (Å²) in [6.07, 6.45) is 0. The number of methoxy groups -OCH3 is 1. The van der Waals surface area contributed by atoms with Crippen molar-refractivity contribution in [3.63, 3.8) is 0 Å². The standard InChI is InChI=1S/C24H27Cl2N5O3S/c1-5-31-22(21(14(2)3)28-23(33)15-9-11-16(34-4)12-10-15)29-30-24(31)35-13-19(32)27-18-8-6-7-17(25)20(18)26/h6-12,14,21H,5,13H2,1-4H3,(H,27,32)(H,28,33)/t21-/m1/s1. The first-order valence-electron chi connectivity index (χ1n) is 11.0. The van der Waals surface area contributed by atoms with Crippen LogP contribution in [0.4, 0.5) is 5.69 Å². The van der Waals surface area contributed by atoms with Crippen molar-refractivity contribution in [2.45, 2.75) is 38.5 Å². The van der Waals surface area contributed by atoms with Crippen LogP contribution in [0.2, 0.25) is 10.0 Å². The highest BCUT2D eigenvalue weighted by Crippen LogP contribution is 2.30. The molecule has 1 heterocycles. The summed E-state index contributed by atoms with van der Waals surface area (Å²) in [5, 5.41) is 15.7. The molecule has 0 spiro atoms. The number of ether oxygens (including phenoxy) is 1. The van der Waals surface area contributed by atoms with Gasteiger partial charge in [-0.1, -0.05) is 54.9 Å². The first-order valence-corrected chi connectivity index (χ1v) is 12.7. The SMILES string of the molecule is CCn1c(SCC(=O)Nc2cccc(Cl)c2Cl)nnc1[C@H](NC(=O)c1ccc(OC)cc1)C(C)C. The van der Waals surface area contributed by atoms with Crippen molar-refractivity contribution >= 4 is 52.5 Å². The smallest absolute Gasteiger partial charge is 0.251 e. The topological polar surface area (TPSA) is 98.1 Å². The molecule has 0 unspecified atom stereocenters. The summed E-state index contributed by atoms with van der Waals surface area (Å²) < 4.78 is 7.06. The molecule has 3 aromatic rings. The number of rotatable bonds is 10. The predicted octanol–water partition coefficient (Wildman–Crippen LogP) is 5.47. The number of amides is 2. The highest BCUT2D eigenvalue weighted by molar-refractivity contribution is 7.99. The fourth-order valence-corrected chi connectivity index (χ4v) is 4.50. The minimum Gasteiger partial charge on any atom is -0.497 e. The molecule has 1 aromatic heterocycles. The number of carbonyl (C=O) groups excluding carboxylic acids is 2. The van der Waals surface area contributed by atoms with E-state index in [1.54, 1.807) is 49.6 Å². The number of anilines is 1. The van der Waals surface area contributed by atoms with E-state index in [1.807, 2.05) is 25.3 Å². The average molecular weight is 536 g/mol. The lowest BCUT2D eigenvalue weighted by Crippen LogP contribution is -2.33. The zero-order valence-corrected chi connectivity index (χ0v) is 22.2. The van der Waals surface area contributed by atoms with Gasteiger partial charge in [0, 0.05) is 12.1 Å². The normalized spacial score (nSPS) is 11.9. The van der Waals surface area contributed by atoms with Gasteiger partial charge >= 0.3 is 0 Å². The number of aromatic nitrogens is 3. The quantitative estimate of drug-likeness (QED) is 0.334. The van der Waals surface area contributed by atoms with Crippen molar-refractivity contribution in [1.29, 1.82) is 0 Å². The van der Waals surface area contributed by atoms with Crippen LogP contribution in [0.1, 0.15) is 43.0 Å². The molecule has 11 heteroatoms. The highest BCUT2D eigenvalue weighted by atomic mass is 35.5. The van der Waals surface area contributed by atoms with Crippen molar-refractivity contribution in [3.05, 3.63) is 63.9 Å². The van der Waals surface area contributed by atoms with Crippen molar-refractivity contribution < 1.29 is 14.3 Å². The Labute approximate surface area is 218 Å². The molecule has 0 saturated heterocycles. The van der Waals surface area contributed by atoms with Gasteiger partial charge in [-0.3, -0.25) is 9.59 Å². The summed E-state index contributed by atoms with van der Waals surface area (Å²) in [6, 6.07) is 11.6. The third kappa shape index (κ3) is 6.68. The van der Waals surface area contributed by atoms with Gasteiger partial charge in [-0.25, -0.2) is 0 Å². The molecule has 1 atom stereocenters. The van der Waals surface area contributed by atoms with E-state index in [4.69, 9.17) is 27.9 Å². The number of thioether (sulfide) groups is 1. The van der Waals surface area contributed by atoms with E-state index < -0.39 is 0 Å². The fourth-order valence-electron chi connectivity index (χ4n) is 3.35. The maximum Gasteiger partial charge on any atom is 0.251 e. The second kappa shape index (κ2) is 12.3. The number of hydrogen-bond donors (Lipinski definition) is 2. The Morgan fingerprint density at radius 2 is 1.83 bits per heavy atom. The lowest BCUT2D eigenvalue weighted by molar-refractivity contribution is -0.113. The minimum absolute atomic E-state index is 0.0535. The monoisotopic (exact) mass is 535 g/mol. The van der Waals surface area contributed by atoms with E-state index in [1.165, 1.54) is 11.8 Å². The molecule has 3 rings (SSSR count). The van der Waals surface area contributed by atoms with Gasteiger partial charge in [0.2, 0.25) is 5.91 Å². The van der Waals surface area contributed by atoms with Gasteiger partial charge < -0.3 is 19.9 Å². The van der Waals surface area contributed by atoms with Crippen molar-refractivity contribution in [2.24, 2.45) is 5.92 Å². The van der Waals surface area contributed by atoms with Gasteiger partial charge in [0.15, 0.2) is 11.0 Å². The molecule has 0 bridgehead atoms. The van der Waals surface area contributed by atoms with Gasteiger partial charge in [-0.15, -0.1) is 10.2 Å². The van der Waals surface area contributed by atoms with Gasteiger partial charge in [-0.2, -0.15) is 0 Å². The third-order valence-corrected chi connectivity index (χ3v) is 6.99. The molecule has 0 fully saturated rings. The molecular formula is C24H27Cl2N5O3S. The Kier molecular flexibility index (Phi) is 9.42. The molecule has 0 aliphatic heterocycles. The van der Waals surface area contributed by atoms with Crippen molar-refractivity contribution in [1.82, 2.24) is 20.1 Å². The Bertz CT molecular complexity index is 1180. The number of halogens is 2. The van der Waals surface area contributed by atoms with Crippen LogP contribution in [-0.4, -0.2) is 39.4 Å². The van der Waals surface area contributed by atoms with Crippen molar-refractivity contribution in [3.8, 4) is 5.75 Å². The first kappa shape index (κ1) is 26.8. The van der Waals surface area contributed by atoms with Crippen molar-refractivity contribution in [2.75, 3.05) is 18.2 Å².